The van der Waals surface area contributed by atoms with Crippen LogP contribution < -0.4 is 42.2 Å². The Morgan fingerprint density at radius 3 is 1.26 bits per heavy atom. The third-order valence-corrected chi connectivity index (χ3v) is 12.0. The number of thioether (sulfide) groups is 2. The van der Waals surface area contributed by atoms with Crippen LogP contribution in [0.2, 0.25) is 0 Å². The molecule has 0 saturated carbocycles. The van der Waals surface area contributed by atoms with Crippen LogP contribution in [0.5, 0.6) is 0 Å². The molecular weight excluding hydrogens is 965 g/mol. The molecule has 0 fully saturated rings. The summed E-state index contributed by atoms with van der Waals surface area (Å²) in [7, 11) is -4.09. The first-order valence-corrected chi connectivity index (χ1v) is 26.7. The number of hydrogen-bond donors (Lipinski definition) is 8. The van der Waals surface area contributed by atoms with Gasteiger partial charge in [-0.25, -0.2) is 36.4 Å². The predicted octanol–water partition coefficient (Wildman–Crippen LogP) is 1.23. The van der Waals surface area contributed by atoms with Gasteiger partial charge in [0.05, 0.1) is 50.2 Å². The van der Waals surface area contributed by atoms with Crippen LogP contribution in [-0.4, -0.2) is 117 Å². The van der Waals surface area contributed by atoms with Gasteiger partial charge < -0.3 is 51.0 Å². The molecule has 0 spiro atoms. The largest absolute Gasteiger partial charge is 0.464 e. The Hall–Kier alpha value is -6.06. The van der Waals surface area contributed by atoms with Crippen molar-refractivity contribution in [2.45, 2.75) is 36.8 Å². The highest BCUT2D eigenvalue weighted by Gasteiger charge is 2.28. The quantitative estimate of drug-likeness (QED) is 0.0144. The van der Waals surface area contributed by atoms with Crippen molar-refractivity contribution in [2.75, 3.05) is 64.3 Å². The lowest BCUT2D eigenvalue weighted by atomic mass is 10.1. The lowest BCUT2D eigenvalue weighted by molar-refractivity contribution is -0.174. The summed E-state index contributed by atoms with van der Waals surface area (Å²) in [5.41, 5.74) is 11.6. The summed E-state index contributed by atoms with van der Waals surface area (Å²) < 4.78 is 76.6. The van der Waals surface area contributed by atoms with E-state index in [1.807, 2.05) is 38.4 Å². The van der Waals surface area contributed by atoms with Gasteiger partial charge in [0.2, 0.25) is 43.8 Å². The van der Waals surface area contributed by atoms with E-state index in [1.54, 1.807) is 0 Å². The SMILES string of the molecule is CNCc1ccc(CSCCNC(=NCC(OC(=O)C(=O)OC(CN=C(NCCSCc2ccc(CNC)o2)NS(C)(=O)=O)c2ccc(C(N)=O)cc2)c2ccc(C(N)=O)cc2)NS(C)(=O)=O)o1. The lowest BCUT2D eigenvalue weighted by Gasteiger charge is -2.20. The molecule has 370 valence electrons. The zero-order valence-electron chi connectivity index (χ0n) is 37.7. The van der Waals surface area contributed by atoms with Crippen molar-refractivity contribution in [3.8, 4) is 0 Å². The fraction of sp³-hybridized carbons (Fsp3) is 0.381. The van der Waals surface area contributed by atoms with Gasteiger partial charge in [-0.1, -0.05) is 24.3 Å². The minimum Gasteiger partial charge on any atom is -0.464 e. The third kappa shape index (κ3) is 20.0. The number of amides is 2. The molecule has 0 saturated heterocycles. The fourth-order valence-corrected chi connectivity index (χ4v) is 8.29. The zero-order chi connectivity index (χ0) is 49.7. The number of furan rings is 2. The van der Waals surface area contributed by atoms with Gasteiger partial charge in [0.25, 0.3) is 0 Å². The Labute approximate surface area is 403 Å². The monoisotopic (exact) mass is 1020 g/mol. The number of rotatable bonds is 26. The number of primary amides is 2. The van der Waals surface area contributed by atoms with Gasteiger partial charge >= 0.3 is 11.9 Å². The number of nitrogens with two attached hydrogens (primary N) is 2. The summed E-state index contributed by atoms with van der Waals surface area (Å²) in [5.74, 6) is 0.412. The van der Waals surface area contributed by atoms with Gasteiger partial charge in [0.1, 0.15) is 35.2 Å². The van der Waals surface area contributed by atoms with Crippen LogP contribution in [0.3, 0.4) is 0 Å². The first-order valence-electron chi connectivity index (χ1n) is 20.7. The summed E-state index contributed by atoms with van der Waals surface area (Å²) in [6, 6.07) is 18.6. The van der Waals surface area contributed by atoms with Gasteiger partial charge in [0.15, 0.2) is 0 Å². The number of carbonyl (C=O) groups is 4. The van der Waals surface area contributed by atoms with E-state index in [0.717, 1.165) is 35.6 Å². The maximum Gasteiger partial charge on any atom is 0.418 e. The van der Waals surface area contributed by atoms with Crippen molar-refractivity contribution in [3.05, 3.63) is 118 Å². The van der Waals surface area contributed by atoms with E-state index in [0.29, 0.717) is 36.1 Å². The predicted molar refractivity (Wildman–Crippen MR) is 259 cm³/mol. The second kappa shape index (κ2) is 27.1. The molecule has 22 nitrogen and oxygen atoms in total. The normalized spacial score (nSPS) is 13.0. The van der Waals surface area contributed by atoms with E-state index >= 15 is 0 Å². The van der Waals surface area contributed by atoms with E-state index in [9.17, 15) is 36.0 Å². The maximum absolute atomic E-state index is 13.6. The summed E-state index contributed by atoms with van der Waals surface area (Å²) in [6.07, 6.45) is -0.845. The van der Waals surface area contributed by atoms with Crippen LogP contribution in [0.1, 0.15) is 67.1 Å². The number of guanidine groups is 2. The van der Waals surface area contributed by atoms with Crippen LogP contribution in [0.25, 0.3) is 0 Å². The number of carbonyl (C=O) groups excluding carboxylic acids is 4. The van der Waals surface area contributed by atoms with E-state index in [-0.39, 0.29) is 47.3 Å². The third-order valence-electron chi connectivity index (χ3n) is 8.90. The number of ether oxygens (including phenoxy) is 2. The molecule has 2 atom stereocenters. The van der Waals surface area contributed by atoms with Gasteiger partial charge in [-0.3, -0.25) is 19.0 Å². The number of sulfonamides is 2. The van der Waals surface area contributed by atoms with Crippen LogP contribution >= 0.6 is 23.5 Å². The molecule has 0 radical (unpaired) electrons. The van der Waals surface area contributed by atoms with Crippen LogP contribution in [0.15, 0.2) is 91.6 Å². The second-order valence-electron chi connectivity index (χ2n) is 14.6. The van der Waals surface area contributed by atoms with E-state index in [4.69, 9.17) is 29.8 Å². The van der Waals surface area contributed by atoms with Crippen molar-refractivity contribution in [1.29, 1.82) is 0 Å². The number of benzene rings is 2. The highest BCUT2D eigenvalue weighted by Crippen LogP contribution is 2.23. The van der Waals surface area contributed by atoms with E-state index in [2.05, 4.69) is 40.7 Å². The molecule has 4 rings (SSSR count). The van der Waals surface area contributed by atoms with E-state index < -0.39 is 69.1 Å². The molecule has 10 N–H and O–H groups in total. The second-order valence-corrected chi connectivity index (χ2v) is 20.4. The van der Waals surface area contributed by atoms with E-state index in [1.165, 1.54) is 72.1 Å². The van der Waals surface area contributed by atoms with Gasteiger partial charge in [-0.2, -0.15) is 23.5 Å². The molecule has 0 aliphatic carbocycles. The molecule has 2 aromatic heterocycles. The minimum atomic E-state index is -3.85. The average molecular weight is 1020 g/mol. The topological polar surface area (TPSA) is 330 Å². The molecule has 0 bridgehead atoms. The standard InChI is InChI=1S/C42H56N10O12S4/c1-45-21-31-13-15-33(61-31)25-65-19-17-47-41(51-67(3,57)58)49-23-35(27-5-9-29(10-6-27)37(43)53)63-39(55)40(56)64-36(28-7-11-30(12-8-28)38(44)54)24-50-42(52-68(4,59)60)48-18-20-66-26-34-16-14-32(62-34)22-46-2/h5-16,35-36,45-46H,17-26H2,1-4H3,(H2,43,53)(H2,44,54)(H2,47,49,51)(H2,48,50,52). The fourth-order valence-electron chi connectivity index (χ4n) is 5.82. The Kier molecular flexibility index (Phi) is 21.7. The number of esters is 2. The number of hydrogen-bond acceptors (Lipinski definition) is 18. The molecular formula is C42H56N10O12S4. The minimum absolute atomic E-state index is 0.129. The number of aliphatic imine (C=N–C) groups is 2. The summed E-state index contributed by atoms with van der Waals surface area (Å²) in [4.78, 5) is 59.5. The lowest BCUT2D eigenvalue weighted by Crippen LogP contribution is -2.42. The Balaban J connectivity index is 1.51. The molecule has 26 heteroatoms. The smallest absolute Gasteiger partial charge is 0.418 e. The van der Waals surface area contributed by atoms with Gasteiger partial charge in [-0.15, -0.1) is 0 Å². The molecule has 0 aliphatic heterocycles. The van der Waals surface area contributed by atoms with Crippen LogP contribution in [0.4, 0.5) is 0 Å². The number of nitrogens with one attached hydrogen (secondary N) is 6. The highest BCUT2D eigenvalue weighted by molar-refractivity contribution is 7.98. The Morgan fingerprint density at radius 2 is 0.941 bits per heavy atom. The van der Waals surface area contributed by atoms with Crippen LogP contribution in [-0.2, 0) is 63.7 Å². The molecule has 2 aromatic carbocycles. The first-order chi connectivity index (χ1) is 32.3. The van der Waals surface area contributed by atoms with Crippen molar-refractivity contribution in [2.24, 2.45) is 21.5 Å². The Bertz CT molecular complexity index is 2410. The number of nitrogens with zero attached hydrogens (tertiary/aromatic N) is 2. The van der Waals surface area contributed by atoms with Crippen molar-refractivity contribution in [3.63, 3.8) is 0 Å². The molecule has 2 amide bonds. The van der Waals surface area contributed by atoms with Crippen molar-refractivity contribution in [1.82, 2.24) is 30.7 Å². The van der Waals surface area contributed by atoms with Crippen LogP contribution in [0, 0.1) is 0 Å². The molecule has 2 unspecified atom stereocenters. The summed E-state index contributed by atoms with van der Waals surface area (Å²) >= 11 is 3.03. The molecule has 0 aliphatic rings. The summed E-state index contributed by atoms with van der Waals surface area (Å²) in [6.45, 7) is 0.810. The Morgan fingerprint density at radius 1 is 0.588 bits per heavy atom. The summed E-state index contributed by atoms with van der Waals surface area (Å²) in [5, 5.41) is 11.9. The molecule has 4 aromatic rings. The highest BCUT2D eigenvalue weighted by atomic mass is 32.2. The van der Waals surface area contributed by atoms with Crippen molar-refractivity contribution < 1.29 is 54.3 Å². The molecule has 68 heavy (non-hydrogen) atoms. The first kappa shape index (κ1) is 54.5. The average Bonchev–Trinajstić information content (AvgIpc) is 3.94. The maximum atomic E-state index is 13.6. The van der Waals surface area contributed by atoms with Crippen molar-refractivity contribution >= 4 is 79.2 Å². The zero-order valence-corrected chi connectivity index (χ0v) is 41.0. The molecule has 2 heterocycles. The van der Waals surface area contributed by atoms with Gasteiger partial charge in [-0.05, 0) is 73.8 Å². The van der Waals surface area contributed by atoms with Gasteiger partial charge in [0, 0.05) is 35.7 Å².